The number of rotatable bonds is 3. The molecule has 0 spiro atoms. The third-order valence-corrected chi connectivity index (χ3v) is 5.44. The zero-order valence-electron chi connectivity index (χ0n) is 16.7. The largest absolute Gasteiger partial charge is 0.444 e. The van der Waals surface area contributed by atoms with E-state index in [1.54, 1.807) is 9.91 Å². The molecule has 4 rings (SSSR count). The summed E-state index contributed by atoms with van der Waals surface area (Å²) in [6.45, 7) is 7.37. The van der Waals surface area contributed by atoms with Crippen molar-refractivity contribution in [1.29, 1.82) is 0 Å². The SMILES string of the molecule is CC(C)(C)OC(=O)N1CCC2=NN(C3COC3)C(=O)C2(Cc2ccccc2)C1. The lowest BCUT2D eigenvalue weighted by molar-refractivity contribution is -0.149. The van der Waals surface area contributed by atoms with Gasteiger partial charge >= 0.3 is 6.09 Å². The van der Waals surface area contributed by atoms with E-state index in [1.807, 2.05) is 51.1 Å². The number of benzene rings is 1. The Hall–Kier alpha value is -2.41. The Morgan fingerprint density at radius 2 is 2.00 bits per heavy atom. The van der Waals surface area contributed by atoms with Crippen molar-refractivity contribution in [2.45, 2.75) is 45.3 Å². The molecule has 150 valence electrons. The molecule has 1 atom stereocenters. The molecule has 0 radical (unpaired) electrons. The van der Waals surface area contributed by atoms with Crippen LogP contribution in [0.15, 0.2) is 35.4 Å². The van der Waals surface area contributed by atoms with Crippen molar-refractivity contribution in [2.24, 2.45) is 10.5 Å². The normalized spacial score (nSPS) is 25.2. The van der Waals surface area contributed by atoms with E-state index in [2.05, 4.69) is 0 Å². The number of hydrazone groups is 1. The molecule has 1 unspecified atom stereocenters. The third-order valence-electron chi connectivity index (χ3n) is 5.44. The highest BCUT2D eigenvalue weighted by atomic mass is 16.6. The third kappa shape index (κ3) is 3.39. The molecule has 3 aliphatic rings. The number of ether oxygens (including phenoxy) is 2. The summed E-state index contributed by atoms with van der Waals surface area (Å²) in [5, 5.41) is 6.29. The average Bonchev–Trinajstić information content (AvgIpc) is 2.85. The van der Waals surface area contributed by atoms with E-state index < -0.39 is 11.0 Å². The summed E-state index contributed by atoms with van der Waals surface area (Å²) in [5.41, 5.74) is 0.522. The fourth-order valence-electron chi connectivity index (χ4n) is 3.98. The lowest BCUT2D eigenvalue weighted by Gasteiger charge is -2.40. The first-order valence-electron chi connectivity index (χ1n) is 9.80. The molecule has 28 heavy (non-hydrogen) atoms. The summed E-state index contributed by atoms with van der Waals surface area (Å²) >= 11 is 0. The molecule has 2 fully saturated rings. The molecule has 1 aromatic rings. The molecule has 0 bridgehead atoms. The number of hydrogen-bond donors (Lipinski definition) is 0. The fourth-order valence-corrected chi connectivity index (χ4v) is 3.98. The minimum atomic E-state index is -0.827. The zero-order valence-corrected chi connectivity index (χ0v) is 16.7. The van der Waals surface area contributed by atoms with E-state index in [-0.39, 0.29) is 18.0 Å². The minimum absolute atomic E-state index is 0.00627. The Bertz CT molecular complexity index is 798. The molecule has 0 aromatic heterocycles. The predicted molar refractivity (Wildman–Crippen MR) is 104 cm³/mol. The highest BCUT2D eigenvalue weighted by molar-refractivity contribution is 6.13. The Morgan fingerprint density at radius 1 is 1.29 bits per heavy atom. The van der Waals surface area contributed by atoms with Crippen LogP contribution in [0.4, 0.5) is 4.79 Å². The second-order valence-corrected chi connectivity index (χ2v) is 8.78. The van der Waals surface area contributed by atoms with Gasteiger partial charge in [-0.1, -0.05) is 30.3 Å². The molecule has 0 N–H and O–H groups in total. The number of amides is 2. The summed E-state index contributed by atoms with van der Waals surface area (Å²) in [7, 11) is 0. The molecule has 2 amide bonds. The van der Waals surface area contributed by atoms with Gasteiger partial charge in [-0.25, -0.2) is 9.80 Å². The van der Waals surface area contributed by atoms with Gasteiger partial charge in [0.05, 0.1) is 18.9 Å². The lowest BCUT2D eigenvalue weighted by Crippen LogP contribution is -2.58. The number of hydrogen-bond acceptors (Lipinski definition) is 5. The van der Waals surface area contributed by atoms with Gasteiger partial charge in [-0.2, -0.15) is 5.10 Å². The maximum absolute atomic E-state index is 13.5. The summed E-state index contributed by atoms with van der Waals surface area (Å²) in [6.07, 6.45) is 0.716. The Morgan fingerprint density at radius 3 is 2.61 bits per heavy atom. The number of carbonyl (C=O) groups excluding carboxylic acids is 2. The predicted octanol–water partition coefficient (Wildman–Crippen LogP) is 2.45. The van der Waals surface area contributed by atoms with Crippen molar-refractivity contribution in [3.05, 3.63) is 35.9 Å². The van der Waals surface area contributed by atoms with E-state index in [4.69, 9.17) is 14.6 Å². The van der Waals surface area contributed by atoms with E-state index >= 15 is 0 Å². The Balaban J connectivity index is 1.63. The van der Waals surface area contributed by atoms with E-state index in [1.165, 1.54) is 0 Å². The first kappa shape index (κ1) is 18.9. The van der Waals surface area contributed by atoms with Crippen molar-refractivity contribution in [2.75, 3.05) is 26.3 Å². The highest BCUT2D eigenvalue weighted by Gasteiger charge is 2.56. The Labute approximate surface area is 165 Å². The van der Waals surface area contributed by atoms with Crippen LogP contribution >= 0.6 is 0 Å². The first-order chi connectivity index (χ1) is 13.3. The average molecular weight is 385 g/mol. The van der Waals surface area contributed by atoms with Crippen LogP contribution in [-0.2, 0) is 20.7 Å². The van der Waals surface area contributed by atoms with Crippen molar-refractivity contribution in [3.63, 3.8) is 0 Å². The van der Waals surface area contributed by atoms with Crippen LogP contribution in [0.3, 0.4) is 0 Å². The van der Waals surface area contributed by atoms with Gasteiger partial charge in [0.1, 0.15) is 17.1 Å². The maximum atomic E-state index is 13.5. The number of carbonyl (C=O) groups is 2. The number of piperidine rings is 1. The molecule has 3 heterocycles. The molecular formula is C21H27N3O4. The van der Waals surface area contributed by atoms with Crippen LogP contribution in [0, 0.1) is 5.41 Å². The fraction of sp³-hybridized carbons (Fsp3) is 0.571. The Kier molecular flexibility index (Phi) is 4.65. The molecule has 3 aliphatic heterocycles. The molecule has 0 saturated carbocycles. The summed E-state index contributed by atoms with van der Waals surface area (Å²) in [5.74, 6) is -0.0343. The van der Waals surface area contributed by atoms with Crippen molar-refractivity contribution >= 4 is 17.7 Å². The van der Waals surface area contributed by atoms with E-state index in [9.17, 15) is 9.59 Å². The van der Waals surface area contributed by atoms with Gasteiger partial charge < -0.3 is 14.4 Å². The summed E-state index contributed by atoms with van der Waals surface area (Å²) < 4.78 is 10.8. The molecule has 7 nitrogen and oxygen atoms in total. The lowest BCUT2D eigenvalue weighted by atomic mass is 9.73. The van der Waals surface area contributed by atoms with Gasteiger partial charge in [-0.3, -0.25) is 4.79 Å². The second-order valence-electron chi connectivity index (χ2n) is 8.78. The second kappa shape index (κ2) is 6.88. The zero-order chi connectivity index (χ0) is 19.9. The van der Waals surface area contributed by atoms with Gasteiger partial charge in [0.2, 0.25) is 0 Å². The standard InChI is InChI=1S/C21H27N3O4/c1-20(2,3)28-19(26)23-10-9-17-21(14-23,11-15-7-5-4-6-8-15)18(25)24(22-17)16-12-27-13-16/h4-8,16H,9-14H2,1-3H3. The topological polar surface area (TPSA) is 71.4 Å². The van der Waals surface area contributed by atoms with Gasteiger partial charge in [0.15, 0.2) is 0 Å². The van der Waals surface area contributed by atoms with Crippen molar-refractivity contribution in [3.8, 4) is 0 Å². The van der Waals surface area contributed by atoms with Gasteiger partial charge in [0, 0.05) is 19.5 Å². The minimum Gasteiger partial charge on any atom is -0.444 e. The molecule has 7 heteroatoms. The van der Waals surface area contributed by atoms with Crippen LogP contribution in [0.1, 0.15) is 32.8 Å². The van der Waals surface area contributed by atoms with Crippen LogP contribution in [0.2, 0.25) is 0 Å². The monoisotopic (exact) mass is 385 g/mol. The summed E-state index contributed by atoms with van der Waals surface area (Å²) in [6, 6.07) is 9.91. The molecule has 1 aromatic carbocycles. The summed E-state index contributed by atoms with van der Waals surface area (Å²) in [4.78, 5) is 27.9. The van der Waals surface area contributed by atoms with Crippen LogP contribution in [0.25, 0.3) is 0 Å². The highest BCUT2D eigenvalue weighted by Crippen LogP contribution is 2.40. The van der Waals surface area contributed by atoms with Gasteiger partial charge in [-0.15, -0.1) is 0 Å². The first-order valence-corrected chi connectivity index (χ1v) is 9.80. The number of fused-ring (bicyclic) bond motifs is 1. The molecular weight excluding hydrogens is 358 g/mol. The van der Waals surface area contributed by atoms with Crippen molar-refractivity contribution in [1.82, 2.24) is 9.91 Å². The number of likely N-dealkylation sites (tertiary alicyclic amines) is 1. The maximum Gasteiger partial charge on any atom is 0.410 e. The van der Waals surface area contributed by atoms with Gasteiger partial charge in [0.25, 0.3) is 5.91 Å². The van der Waals surface area contributed by atoms with Crippen LogP contribution in [0.5, 0.6) is 0 Å². The van der Waals surface area contributed by atoms with E-state index in [0.29, 0.717) is 39.1 Å². The smallest absolute Gasteiger partial charge is 0.410 e. The molecule has 2 saturated heterocycles. The van der Waals surface area contributed by atoms with Gasteiger partial charge in [-0.05, 0) is 32.8 Å². The van der Waals surface area contributed by atoms with Crippen LogP contribution in [-0.4, -0.2) is 65.6 Å². The van der Waals surface area contributed by atoms with Crippen molar-refractivity contribution < 1.29 is 19.1 Å². The number of nitrogens with zero attached hydrogens (tertiary/aromatic N) is 3. The quantitative estimate of drug-likeness (QED) is 0.801. The van der Waals surface area contributed by atoms with Crippen LogP contribution < -0.4 is 0 Å². The molecule has 0 aliphatic carbocycles. The van der Waals surface area contributed by atoms with E-state index in [0.717, 1.165) is 11.3 Å².